The first-order valence-electron chi connectivity index (χ1n) is 6.01. The van der Waals surface area contributed by atoms with Gasteiger partial charge in [0.15, 0.2) is 30.4 Å². The summed E-state index contributed by atoms with van der Waals surface area (Å²) in [6.45, 7) is 0.410. The Morgan fingerprint density at radius 2 is 2.21 bits per heavy atom. The summed E-state index contributed by atoms with van der Waals surface area (Å²) in [6.07, 6.45) is 1.27. The Morgan fingerprint density at radius 3 is 2.95 bits per heavy atom. The molecular formula is C14H10N2O3. The summed E-state index contributed by atoms with van der Waals surface area (Å²) in [5, 5.41) is 0. The van der Waals surface area contributed by atoms with Crippen LogP contribution in [0.4, 0.5) is 11.5 Å². The molecule has 2 aliphatic rings. The number of Topliss-reactive ketones (excluding diaryl/α,β-unsaturated/α-hetero) is 1. The van der Waals surface area contributed by atoms with E-state index in [0.717, 1.165) is 28.9 Å². The van der Waals surface area contributed by atoms with E-state index in [1.165, 1.54) is 0 Å². The summed E-state index contributed by atoms with van der Waals surface area (Å²) in [6, 6.07) is 7.43. The van der Waals surface area contributed by atoms with Crippen LogP contribution in [0.2, 0.25) is 0 Å². The van der Waals surface area contributed by atoms with Crippen molar-refractivity contribution in [1.29, 1.82) is 0 Å². The molecule has 4 rings (SSSR count). The molecule has 5 nitrogen and oxygen atoms in total. The quantitative estimate of drug-likeness (QED) is 0.833. The van der Waals surface area contributed by atoms with Gasteiger partial charge in [0.05, 0.1) is 5.69 Å². The number of fused-ring (bicyclic) bond motifs is 2. The Bertz CT molecular complexity index is 717. The smallest absolute Gasteiger partial charge is 0.167 e. The minimum absolute atomic E-state index is 0.197. The SMILES string of the molecule is O=Cc1cc2c([nH]1)N(c1ccc3c(c1)CC3=O)CO2. The van der Waals surface area contributed by atoms with Gasteiger partial charge in [-0.1, -0.05) is 0 Å². The van der Waals surface area contributed by atoms with Gasteiger partial charge in [-0.2, -0.15) is 0 Å². The van der Waals surface area contributed by atoms with Gasteiger partial charge < -0.3 is 9.72 Å². The van der Waals surface area contributed by atoms with Gasteiger partial charge in [0.25, 0.3) is 0 Å². The van der Waals surface area contributed by atoms with E-state index in [1.807, 2.05) is 23.1 Å². The maximum atomic E-state index is 11.3. The number of hydrogen-bond acceptors (Lipinski definition) is 4. The lowest BCUT2D eigenvalue weighted by atomic mass is 9.87. The largest absolute Gasteiger partial charge is 0.469 e. The van der Waals surface area contributed by atoms with Crippen LogP contribution in [0.1, 0.15) is 26.4 Å². The van der Waals surface area contributed by atoms with Crippen molar-refractivity contribution < 1.29 is 14.3 Å². The maximum Gasteiger partial charge on any atom is 0.167 e. The van der Waals surface area contributed by atoms with Gasteiger partial charge in [-0.3, -0.25) is 14.5 Å². The lowest BCUT2D eigenvalue weighted by molar-refractivity contribution is 0.0967. The van der Waals surface area contributed by atoms with Crippen molar-refractivity contribution in [2.45, 2.75) is 6.42 Å². The van der Waals surface area contributed by atoms with Crippen molar-refractivity contribution in [3.63, 3.8) is 0 Å². The molecule has 0 spiro atoms. The summed E-state index contributed by atoms with van der Waals surface area (Å²) >= 11 is 0. The topological polar surface area (TPSA) is 62.4 Å². The number of ketones is 1. The van der Waals surface area contributed by atoms with Gasteiger partial charge >= 0.3 is 0 Å². The molecule has 1 aromatic carbocycles. The van der Waals surface area contributed by atoms with E-state index < -0.39 is 0 Å². The summed E-state index contributed by atoms with van der Waals surface area (Å²) in [4.78, 5) is 27.0. The van der Waals surface area contributed by atoms with Crippen LogP contribution < -0.4 is 9.64 Å². The number of nitrogens with one attached hydrogen (secondary N) is 1. The zero-order valence-electron chi connectivity index (χ0n) is 9.97. The monoisotopic (exact) mass is 254 g/mol. The Balaban J connectivity index is 1.75. The summed E-state index contributed by atoms with van der Waals surface area (Å²) < 4.78 is 5.53. The second-order valence-corrected chi connectivity index (χ2v) is 4.70. The van der Waals surface area contributed by atoms with E-state index in [4.69, 9.17) is 4.74 Å². The number of rotatable bonds is 2. The molecule has 0 amide bonds. The number of benzene rings is 1. The van der Waals surface area contributed by atoms with Crippen molar-refractivity contribution in [3.05, 3.63) is 41.1 Å². The predicted octanol–water partition coefficient (Wildman–Crippen LogP) is 2.05. The molecule has 1 N–H and O–H groups in total. The van der Waals surface area contributed by atoms with Gasteiger partial charge in [-0.15, -0.1) is 0 Å². The van der Waals surface area contributed by atoms with E-state index in [0.29, 0.717) is 24.6 Å². The number of anilines is 2. The molecule has 0 radical (unpaired) electrons. The summed E-state index contributed by atoms with van der Waals surface area (Å²) in [5.74, 6) is 1.66. The predicted molar refractivity (Wildman–Crippen MR) is 68.3 cm³/mol. The first kappa shape index (κ1) is 10.4. The molecule has 0 bridgehead atoms. The van der Waals surface area contributed by atoms with Crippen LogP contribution in [0.3, 0.4) is 0 Å². The van der Waals surface area contributed by atoms with Crippen LogP contribution in [0.15, 0.2) is 24.3 Å². The third kappa shape index (κ3) is 1.35. The normalized spacial score (nSPS) is 15.6. The van der Waals surface area contributed by atoms with Crippen LogP contribution in [0, 0.1) is 0 Å². The van der Waals surface area contributed by atoms with E-state index in [-0.39, 0.29) is 5.78 Å². The zero-order valence-corrected chi connectivity index (χ0v) is 9.97. The van der Waals surface area contributed by atoms with Crippen LogP contribution in [-0.2, 0) is 6.42 Å². The number of nitrogens with zero attached hydrogens (tertiary/aromatic N) is 1. The van der Waals surface area contributed by atoms with Crippen LogP contribution in [0.5, 0.6) is 5.75 Å². The highest BCUT2D eigenvalue weighted by Crippen LogP contribution is 2.40. The minimum Gasteiger partial charge on any atom is -0.469 e. The van der Waals surface area contributed by atoms with Gasteiger partial charge in [-0.25, -0.2) is 0 Å². The number of carbonyl (C=O) groups is 2. The molecule has 2 aromatic rings. The van der Waals surface area contributed by atoms with Gasteiger partial charge in [0, 0.05) is 23.7 Å². The molecule has 1 aliphatic heterocycles. The molecule has 0 unspecified atom stereocenters. The van der Waals surface area contributed by atoms with E-state index in [2.05, 4.69) is 4.98 Å². The van der Waals surface area contributed by atoms with Crippen molar-refractivity contribution in [1.82, 2.24) is 4.98 Å². The fourth-order valence-electron chi connectivity index (χ4n) is 2.55. The van der Waals surface area contributed by atoms with E-state index in [9.17, 15) is 9.59 Å². The lowest BCUT2D eigenvalue weighted by Gasteiger charge is -2.22. The van der Waals surface area contributed by atoms with Crippen molar-refractivity contribution >= 4 is 23.6 Å². The molecule has 0 saturated carbocycles. The standard InChI is InChI=1S/C14H10N2O3/c17-6-9-5-13-14(15-9)16(7-19-13)10-1-2-11-8(3-10)4-12(11)18/h1-3,5-6,15H,4,7H2. The first-order valence-corrected chi connectivity index (χ1v) is 6.01. The molecule has 94 valence electrons. The second-order valence-electron chi connectivity index (χ2n) is 4.70. The van der Waals surface area contributed by atoms with Crippen LogP contribution in [-0.4, -0.2) is 23.8 Å². The van der Waals surface area contributed by atoms with Crippen molar-refractivity contribution in [2.24, 2.45) is 0 Å². The number of ether oxygens (including phenoxy) is 1. The Labute approximate surface area is 108 Å². The highest BCUT2D eigenvalue weighted by Gasteiger charge is 2.28. The Morgan fingerprint density at radius 1 is 1.32 bits per heavy atom. The first-order chi connectivity index (χ1) is 9.26. The Hall–Kier alpha value is -2.56. The van der Waals surface area contributed by atoms with Crippen molar-refractivity contribution in [2.75, 3.05) is 11.6 Å². The lowest BCUT2D eigenvalue weighted by Crippen LogP contribution is -2.21. The average molecular weight is 254 g/mol. The summed E-state index contributed by atoms with van der Waals surface area (Å²) in [5.41, 5.74) is 3.33. The third-order valence-corrected chi connectivity index (χ3v) is 3.58. The third-order valence-electron chi connectivity index (χ3n) is 3.58. The molecule has 2 heterocycles. The van der Waals surface area contributed by atoms with Crippen molar-refractivity contribution in [3.8, 4) is 5.75 Å². The fourth-order valence-corrected chi connectivity index (χ4v) is 2.55. The molecule has 1 aliphatic carbocycles. The fraction of sp³-hybridized carbons (Fsp3) is 0.143. The molecule has 0 saturated heterocycles. The molecule has 1 aromatic heterocycles. The molecular weight excluding hydrogens is 244 g/mol. The van der Waals surface area contributed by atoms with Gasteiger partial charge in [0.1, 0.15) is 0 Å². The Kier molecular flexibility index (Phi) is 1.90. The zero-order chi connectivity index (χ0) is 13.0. The number of H-pyrrole nitrogens is 1. The highest BCUT2D eigenvalue weighted by molar-refractivity contribution is 6.07. The number of hydrogen-bond donors (Lipinski definition) is 1. The van der Waals surface area contributed by atoms with Crippen LogP contribution in [0.25, 0.3) is 0 Å². The minimum atomic E-state index is 0.197. The highest BCUT2D eigenvalue weighted by atomic mass is 16.5. The number of aromatic nitrogens is 1. The maximum absolute atomic E-state index is 11.3. The molecule has 5 heteroatoms. The average Bonchev–Trinajstić information content (AvgIpc) is 2.96. The molecule has 19 heavy (non-hydrogen) atoms. The number of carbonyl (C=O) groups excluding carboxylic acids is 2. The van der Waals surface area contributed by atoms with E-state index in [1.54, 1.807) is 6.07 Å². The number of aldehydes is 1. The van der Waals surface area contributed by atoms with E-state index >= 15 is 0 Å². The molecule has 0 fully saturated rings. The molecule has 0 atom stereocenters. The van der Waals surface area contributed by atoms with Gasteiger partial charge in [-0.05, 0) is 23.8 Å². The van der Waals surface area contributed by atoms with Gasteiger partial charge in [0.2, 0.25) is 0 Å². The number of aromatic amines is 1. The van der Waals surface area contributed by atoms with Crippen LogP contribution >= 0.6 is 0 Å². The second kappa shape index (κ2) is 3.47. The summed E-state index contributed by atoms with van der Waals surface area (Å²) in [7, 11) is 0.